The Balaban J connectivity index is 1.70. The van der Waals surface area contributed by atoms with E-state index < -0.39 is 5.97 Å². The van der Waals surface area contributed by atoms with Gasteiger partial charge in [0.25, 0.3) is 11.8 Å². The lowest BCUT2D eigenvalue weighted by atomic mass is 10.2. The third-order valence-corrected chi connectivity index (χ3v) is 4.06. The van der Waals surface area contributed by atoms with Gasteiger partial charge in [-0.25, -0.2) is 4.79 Å². The van der Waals surface area contributed by atoms with Crippen molar-refractivity contribution < 1.29 is 23.1 Å². The van der Waals surface area contributed by atoms with E-state index in [2.05, 4.69) is 10.2 Å². The molecule has 0 saturated heterocycles. The normalized spacial score (nSPS) is 10.8. The van der Waals surface area contributed by atoms with Gasteiger partial charge < -0.3 is 18.3 Å². The van der Waals surface area contributed by atoms with Crippen LogP contribution in [0.5, 0.6) is 5.75 Å². The molecule has 9 heteroatoms. The Bertz CT molecular complexity index is 941. The first-order chi connectivity index (χ1) is 12.4. The molecule has 3 rings (SSSR count). The minimum Gasteiger partial charge on any atom is -0.494 e. The highest BCUT2D eigenvalue weighted by Gasteiger charge is 2.18. The summed E-state index contributed by atoms with van der Waals surface area (Å²) in [7, 11) is 1.43. The molecule has 0 spiro atoms. The molecule has 7 nitrogen and oxygen atoms in total. The second-order valence-corrected chi connectivity index (χ2v) is 6.19. The summed E-state index contributed by atoms with van der Waals surface area (Å²) in [6.07, 6.45) is 0. The summed E-state index contributed by atoms with van der Waals surface area (Å²) in [5.74, 6) is 1.50. The van der Waals surface area contributed by atoms with Crippen LogP contribution in [0.3, 0.4) is 0 Å². The number of benzene rings is 1. The molecule has 0 atom stereocenters. The standard InChI is InChI=1S/C17H14Cl2N2O5/c1-8-4-11(9(2)25-8)16-21-20-14(26-16)7-24-17(22)10-5-12(18)15(23-3)13(19)6-10/h4-6H,7H2,1-3H3. The largest absolute Gasteiger partial charge is 0.494 e. The van der Waals surface area contributed by atoms with Gasteiger partial charge in [-0.3, -0.25) is 0 Å². The predicted octanol–water partition coefficient (Wildman–Crippen LogP) is 4.62. The maximum atomic E-state index is 12.2. The number of hydrogen-bond donors (Lipinski definition) is 0. The first kappa shape index (κ1) is 18.3. The molecule has 0 fully saturated rings. The van der Waals surface area contributed by atoms with Crippen molar-refractivity contribution in [3.8, 4) is 17.2 Å². The molecule has 1 aromatic carbocycles. The summed E-state index contributed by atoms with van der Waals surface area (Å²) in [5, 5.41) is 8.21. The van der Waals surface area contributed by atoms with Crippen molar-refractivity contribution in [1.29, 1.82) is 0 Å². The van der Waals surface area contributed by atoms with E-state index in [0.717, 1.165) is 5.76 Å². The Morgan fingerprint density at radius 3 is 2.38 bits per heavy atom. The number of halogens is 2. The van der Waals surface area contributed by atoms with Crippen molar-refractivity contribution in [2.45, 2.75) is 20.5 Å². The minimum absolute atomic E-state index is 0.150. The molecule has 0 unspecified atom stereocenters. The Morgan fingerprint density at radius 1 is 1.12 bits per heavy atom. The Labute approximate surface area is 158 Å². The lowest BCUT2D eigenvalue weighted by Crippen LogP contribution is -2.06. The molecule has 136 valence electrons. The second-order valence-electron chi connectivity index (χ2n) is 5.38. The van der Waals surface area contributed by atoms with Gasteiger partial charge >= 0.3 is 5.97 Å². The number of furan rings is 1. The van der Waals surface area contributed by atoms with E-state index >= 15 is 0 Å². The van der Waals surface area contributed by atoms with E-state index in [4.69, 9.17) is 41.5 Å². The summed E-state index contributed by atoms with van der Waals surface area (Å²) in [6.45, 7) is 3.42. The lowest BCUT2D eigenvalue weighted by molar-refractivity contribution is 0.0438. The number of esters is 1. The number of ether oxygens (including phenoxy) is 2. The zero-order valence-corrected chi connectivity index (χ0v) is 15.6. The van der Waals surface area contributed by atoms with Crippen molar-refractivity contribution in [2.24, 2.45) is 0 Å². The fourth-order valence-corrected chi connectivity index (χ4v) is 2.99. The molecule has 0 amide bonds. The van der Waals surface area contributed by atoms with E-state index in [9.17, 15) is 4.79 Å². The summed E-state index contributed by atoms with van der Waals surface area (Å²) >= 11 is 12.0. The third kappa shape index (κ3) is 3.68. The summed E-state index contributed by atoms with van der Waals surface area (Å²) in [5.41, 5.74) is 0.878. The topological polar surface area (TPSA) is 87.6 Å². The van der Waals surface area contributed by atoms with E-state index in [1.807, 2.05) is 6.92 Å². The van der Waals surface area contributed by atoms with Crippen LogP contribution in [0.4, 0.5) is 0 Å². The molecule has 0 radical (unpaired) electrons. The average molecular weight is 397 g/mol. The maximum Gasteiger partial charge on any atom is 0.338 e. The quantitative estimate of drug-likeness (QED) is 0.581. The summed E-state index contributed by atoms with van der Waals surface area (Å²) < 4.78 is 21.1. The second kappa shape index (κ2) is 7.39. The smallest absolute Gasteiger partial charge is 0.338 e. The highest BCUT2D eigenvalue weighted by atomic mass is 35.5. The van der Waals surface area contributed by atoms with Crippen LogP contribution in [-0.2, 0) is 11.3 Å². The van der Waals surface area contributed by atoms with Gasteiger partial charge in [-0.15, -0.1) is 10.2 Å². The zero-order valence-electron chi connectivity index (χ0n) is 14.1. The molecular weight excluding hydrogens is 383 g/mol. The lowest BCUT2D eigenvalue weighted by Gasteiger charge is -2.08. The van der Waals surface area contributed by atoms with Gasteiger partial charge in [-0.05, 0) is 32.0 Å². The molecule has 0 N–H and O–H groups in total. The number of aryl methyl sites for hydroxylation is 2. The van der Waals surface area contributed by atoms with Crippen LogP contribution in [0.25, 0.3) is 11.5 Å². The molecule has 0 aliphatic carbocycles. The van der Waals surface area contributed by atoms with Crippen LogP contribution in [0.2, 0.25) is 10.0 Å². The number of carbonyl (C=O) groups is 1. The SMILES string of the molecule is COc1c(Cl)cc(C(=O)OCc2nnc(-c3cc(C)oc3C)o2)cc1Cl. The number of carbonyl (C=O) groups excluding carboxylic acids is 1. The minimum atomic E-state index is -0.633. The molecule has 3 aromatic rings. The predicted molar refractivity (Wildman–Crippen MR) is 93.6 cm³/mol. The van der Waals surface area contributed by atoms with Gasteiger partial charge in [0.15, 0.2) is 12.4 Å². The third-order valence-electron chi connectivity index (χ3n) is 3.50. The fraction of sp³-hybridized carbons (Fsp3) is 0.235. The first-order valence-corrected chi connectivity index (χ1v) is 8.24. The summed E-state index contributed by atoms with van der Waals surface area (Å²) in [6, 6.07) is 4.61. The molecular formula is C17H14Cl2N2O5. The Kier molecular flexibility index (Phi) is 5.20. The van der Waals surface area contributed by atoms with Crippen LogP contribution < -0.4 is 4.74 Å². The van der Waals surface area contributed by atoms with Gasteiger partial charge in [-0.1, -0.05) is 23.2 Å². The Morgan fingerprint density at radius 2 is 1.81 bits per heavy atom. The molecule has 2 heterocycles. The van der Waals surface area contributed by atoms with Gasteiger partial charge in [0.2, 0.25) is 0 Å². The number of aromatic nitrogens is 2. The van der Waals surface area contributed by atoms with Crippen LogP contribution in [0.1, 0.15) is 27.8 Å². The van der Waals surface area contributed by atoms with E-state index in [1.165, 1.54) is 19.2 Å². The van der Waals surface area contributed by atoms with Crippen molar-refractivity contribution in [3.63, 3.8) is 0 Å². The van der Waals surface area contributed by atoms with Gasteiger partial charge in [-0.2, -0.15) is 0 Å². The Hall–Kier alpha value is -2.51. The van der Waals surface area contributed by atoms with E-state index in [-0.39, 0.29) is 33.9 Å². The van der Waals surface area contributed by atoms with Crippen molar-refractivity contribution >= 4 is 29.2 Å². The average Bonchev–Trinajstić information content (AvgIpc) is 3.18. The van der Waals surface area contributed by atoms with E-state index in [0.29, 0.717) is 17.2 Å². The molecule has 0 bridgehead atoms. The van der Waals surface area contributed by atoms with Gasteiger partial charge in [0.05, 0.1) is 28.3 Å². The monoisotopic (exact) mass is 396 g/mol. The van der Waals surface area contributed by atoms with Crippen molar-refractivity contribution in [2.75, 3.05) is 7.11 Å². The van der Waals surface area contributed by atoms with Crippen LogP contribution >= 0.6 is 23.2 Å². The van der Waals surface area contributed by atoms with Crippen molar-refractivity contribution in [1.82, 2.24) is 10.2 Å². The molecule has 0 saturated carbocycles. The van der Waals surface area contributed by atoms with Crippen LogP contribution in [0.15, 0.2) is 27.0 Å². The van der Waals surface area contributed by atoms with Crippen molar-refractivity contribution in [3.05, 3.63) is 51.2 Å². The molecule has 26 heavy (non-hydrogen) atoms. The zero-order chi connectivity index (χ0) is 18.8. The number of hydrogen-bond acceptors (Lipinski definition) is 7. The highest BCUT2D eigenvalue weighted by molar-refractivity contribution is 6.37. The van der Waals surface area contributed by atoms with Crippen LogP contribution in [-0.4, -0.2) is 23.3 Å². The number of methoxy groups -OCH3 is 1. The number of rotatable bonds is 5. The van der Waals surface area contributed by atoms with Gasteiger partial charge in [0, 0.05) is 0 Å². The molecule has 0 aliphatic rings. The fourth-order valence-electron chi connectivity index (χ4n) is 2.35. The highest BCUT2D eigenvalue weighted by Crippen LogP contribution is 2.34. The van der Waals surface area contributed by atoms with Gasteiger partial charge in [0.1, 0.15) is 11.5 Å². The number of nitrogens with zero attached hydrogens (tertiary/aromatic N) is 2. The maximum absolute atomic E-state index is 12.2. The van der Waals surface area contributed by atoms with Crippen LogP contribution in [0, 0.1) is 13.8 Å². The molecule has 0 aliphatic heterocycles. The summed E-state index contributed by atoms with van der Waals surface area (Å²) in [4.78, 5) is 12.2. The van der Waals surface area contributed by atoms with E-state index in [1.54, 1.807) is 13.0 Å². The first-order valence-electron chi connectivity index (χ1n) is 7.49. The molecule has 2 aromatic heterocycles.